The third-order valence-corrected chi connectivity index (χ3v) is 6.43. The normalized spacial score (nSPS) is 13.4. The van der Waals surface area contributed by atoms with Crippen molar-refractivity contribution in [1.29, 1.82) is 0 Å². The van der Waals surface area contributed by atoms with Crippen LogP contribution in [0.15, 0.2) is 53.7 Å². The Labute approximate surface area is 202 Å². The number of hydrogen-bond donors (Lipinski definition) is 1. The molecule has 2 heterocycles. The summed E-state index contributed by atoms with van der Waals surface area (Å²) in [6.07, 6.45) is 3.43. The number of carbonyl (C=O) groups is 2. The predicted octanol–water partition coefficient (Wildman–Crippen LogP) is 3.78. The van der Waals surface area contributed by atoms with Gasteiger partial charge >= 0.3 is 5.97 Å². The van der Waals surface area contributed by atoms with Crippen LogP contribution in [0, 0.1) is 0 Å². The van der Waals surface area contributed by atoms with Gasteiger partial charge in [0.05, 0.1) is 31.2 Å². The number of carbonyl (C=O) groups excluding carboxylic acids is 2. The fourth-order valence-corrected chi connectivity index (χ4v) is 4.55. The summed E-state index contributed by atoms with van der Waals surface area (Å²) in [4.78, 5) is 26.4. The van der Waals surface area contributed by atoms with Gasteiger partial charge in [-0.1, -0.05) is 23.9 Å². The SMILES string of the molecule is COC(=O)c1ccc(NC(=O)CSc2nnc(N3CCCCC3)n2-c2ccccc2OC)cc1. The van der Waals surface area contributed by atoms with Gasteiger partial charge in [0.2, 0.25) is 11.9 Å². The molecule has 1 N–H and O–H groups in total. The molecule has 0 spiro atoms. The molecule has 0 unspecified atom stereocenters. The second-order valence-corrected chi connectivity index (χ2v) is 8.69. The third kappa shape index (κ3) is 5.33. The van der Waals surface area contributed by atoms with Crippen LogP contribution in [-0.2, 0) is 9.53 Å². The van der Waals surface area contributed by atoms with Crippen LogP contribution >= 0.6 is 11.8 Å². The molecule has 0 atom stereocenters. The van der Waals surface area contributed by atoms with Gasteiger partial charge in [-0.2, -0.15) is 0 Å². The zero-order valence-corrected chi connectivity index (χ0v) is 20.0. The van der Waals surface area contributed by atoms with Crippen LogP contribution in [-0.4, -0.2) is 59.7 Å². The first-order valence-corrected chi connectivity index (χ1v) is 12.0. The maximum atomic E-state index is 12.6. The topological polar surface area (TPSA) is 98.6 Å². The van der Waals surface area contributed by atoms with Gasteiger partial charge < -0.3 is 19.7 Å². The largest absolute Gasteiger partial charge is 0.495 e. The average Bonchev–Trinajstić information content (AvgIpc) is 3.31. The lowest BCUT2D eigenvalue weighted by Gasteiger charge is -2.28. The third-order valence-electron chi connectivity index (χ3n) is 5.50. The standard InChI is InChI=1S/C24H27N5O4S/c1-32-20-9-5-4-8-19(20)29-23(28-14-6-3-7-15-28)26-27-24(29)34-16-21(30)25-18-12-10-17(11-13-18)22(31)33-2/h4-5,8-13H,3,6-7,14-16H2,1-2H3,(H,25,30). The number of para-hydroxylation sites is 2. The van der Waals surface area contributed by atoms with Crippen molar-refractivity contribution in [3.05, 3.63) is 54.1 Å². The predicted molar refractivity (Wildman–Crippen MR) is 131 cm³/mol. The van der Waals surface area contributed by atoms with E-state index in [9.17, 15) is 9.59 Å². The van der Waals surface area contributed by atoms with Crippen molar-refractivity contribution < 1.29 is 19.1 Å². The number of amides is 1. The monoisotopic (exact) mass is 481 g/mol. The molecule has 4 rings (SSSR count). The lowest BCUT2D eigenvalue weighted by atomic mass is 10.1. The summed E-state index contributed by atoms with van der Waals surface area (Å²) in [5.41, 5.74) is 1.85. The molecule has 178 valence electrons. The highest BCUT2D eigenvalue weighted by Crippen LogP contribution is 2.32. The van der Waals surface area contributed by atoms with Crippen LogP contribution in [0.4, 0.5) is 11.6 Å². The average molecular weight is 482 g/mol. The number of methoxy groups -OCH3 is 2. The van der Waals surface area contributed by atoms with Gasteiger partial charge in [0.25, 0.3) is 0 Å². The first kappa shape index (κ1) is 23.6. The second-order valence-electron chi connectivity index (χ2n) is 7.74. The first-order valence-electron chi connectivity index (χ1n) is 11.1. The van der Waals surface area contributed by atoms with Crippen LogP contribution in [0.25, 0.3) is 5.69 Å². The number of ether oxygens (including phenoxy) is 2. The Morgan fingerprint density at radius 1 is 1.00 bits per heavy atom. The molecule has 3 aromatic rings. The van der Waals surface area contributed by atoms with Crippen molar-refractivity contribution in [2.45, 2.75) is 24.4 Å². The molecule has 1 saturated heterocycles. The summed E-state index contributed by atoms with van der Waals surface area (Å²) < 4.78 is 12.3. The zero-order chi connectivity index (χ0) is 23.9. The van der Waals surface area contributed by atoms with Gasteiger partial charge in [-0.3, -0.25) is 9.36 Å². The van der Waals surface area contributed by atoms with Crippen molar-refractivity contribution >= 4 is 35.3 Å². The fraction of sp³-hybridized carbons (Fsp3) is 0.333. The van der Waals surface area contributed by atoms with Crippen molar-refractivity contribution in [1.82, 2.24) is 14.8 Å². The van der Waals surface area contributed by atoms with Crippen LogP contribution in [0.2, 0.25) is 0 Å². The van der Waals surface area contributed by atoms with E-state index in [1.807, 2.05) is 28.8 Å². The molecule has 0 aliphatic carbocycles. The Morgan fingerprint density at radius 2 is 1.74 bits per heavy atom. The molecular weight excluding hydrogens is 454 g/mol. The van der Waals surface area contributed by atoms with E-state index in [4.69, 9.17) is 9.47 Å². The number of aromatic nitrogens is 3. The molecule has 1 amide bonds. The minimum atomic E-state index is -0.423. The van der Waals surface area contributed by atoms with E-state index < -0.39 is 5.97 Å². The number of hydrogen-bond acceptors (Lipinski definition) is 8. The Hall–Kier alpha value is -3.53. The quantitative estimate of drug-likeness (QED) is 0.383. The Kier molecular flexibility index (Phi) is 7.69. The lowest BCUT2D eigenvalue weighted by Crippen LogP contribution is -2.31. The summed E-state index contributed by atoms with van der Waals surface area (Å²) >= 11 is 1.31. The number of anilines is 2. The second kappa shape index (κ2) is 11.1. The number of nitrogens with one attached hydrogen (secondary N) is 1. The maximum absolute atomic E-state index is 12.6. The number of esters is 1. The lowest BCUT2D eigenvalue weighted by molar-refractivity contribution is -0.113. The molecule has 34 heavy (non-hydrogen) atoms. The van der Waals surface area contributed by atoms with Crippen LogP contribution < -0.4 is 15.0 Å². The number of rotatable bonds is 8. The van der Waals surface area contributed by atoms with E-state index in [2.05, 4.69) is 20.4 Å². The van der Waals surface area contributed by atoms with E-state index in [0.29, 0.717) is 22.2 Å². The summed E-state index contributed by atoms with van der Waals surface area (Å²) in [6, 6.07) is 14.3. The highest BCUT2D eigenvalue weighted by atomic mass is 32.2. The minimum Gasteiger partial charge on any atom is -0.495 e. The van der Waals surface area contributed by atoms with E-state index in [1.165, 1.54) is 25.3 Å². The summed E-state index contributed by atoms with van der Waals surface area (Å²) in [5, 5.41) is 12.3. The smallest absolute Gasteiger partial charge is 0.337 e. The van der Waals surface area contributed by atoms with Crippen molar-refractivity contribution in [3.8, 4) is 11.4 Å². The van der Waals surface area contributed by atoms with Crippen molar-refractivity contribution in [2.75, 3.05) is 43.3 Å². The number of piperidine rings is 1. The highest BCUT2D eigenvalue weighted by molar-refractivity contribution is 7.99. The molecular formula is C24H27N5O4S. The summed E-state index contributed by atoms with van der Waals surface area (Å²) in [6.45, 7) is 1.83. The first-order chi connectivity index (χ1) is 16.6. The molecule has 0 radical (unpaired) electrons. The van der Waals surface area contributed by atoms with Crippen LogP contribution in [0.3, 0.4) is 0 Å². The van der Waals surface area contributed by atoms with Gasteiger partial charge in [0, 0.05) is 18.8 Å². The summed E-state index contributed by atoms with van der Waals surface area (Å²) in [5.74, 6) is 0.994. The van der Waals surface area contributed by atoms with Crippen LogP contribution in [0.5, 0.6) is 5.75 Å². The molecule has 0 saturated carbocycles. The number of thioether (sulfide) groups is 1. The molecule has 1 aliphatic heterocycles. The van der Waals surface area contributed by atoms with E-state index >= 15 is 0 Å². The van der Waals surface area contributed by atoms with Crippen molar-refractivity contribution in [2.24, 2.45) is 0 Å². The zero-order valence-electron chi connectivity index (χ0n) is 19.2. The van der Waals surface area contributed by atoms with E-state index in [0.717, 1.165) is 37.6 Å². The van der Waals surface area contributed by atoms with E-state index in [-0.39, 0.29) is 11.7 Å². The molecule has 0 bridgehead atoms. The van der Waals surface area contributed by atoms with E-state index in [1.54, 1.807) is 31.4 Å². The van der Waals surface area contributed by atoms with Crippen molar-refractivity contribution in [3.63, 3.8) is 0 Å². The maximum Gasteiger partial charge on any atom is 0.337 e. The van der Waals surface area contributed by atoms with Crippen LogP contribution in [0.1, 0.15) is 29.6 Å². The van der Waals surface area contributed by atoms with Gasteiger partial charge in [-0.05, 0) is 55.7 Å². The number of nitrogens with zero attached hydrogens (tertiary/aromatic N) is 4. The molecule has 9 nitrogen and oxygen atoms in total. The van der Waals surface area contributed by atoms with Gasteiger partial charge in [-0.25, -0.2) is 4.79 Å². The van der Waals surface area contributed by atoms with Gasteiger partial charge in [0.15, 0.2) is 5.16 Å². The molecule has 1 aromatic heterocycles. The molecule has 2 aromatic carbocycles. The Bertz CT molecular complexity index is 1140. The minimum absolute atomic E-state index is 0.145. The summed E-state index contributed by atoms with van der Waals surface area (Å²) in [7, 11) is 2.96. The molecule has 1 aliphatic rings. The van der Waals surface area contributed by atoms with Gasteiger partial charge in [-0.15, -0.1) is 10.2 Å². The fourth-order valence-electron chi connectivity index (χ4n) is 3.81. The molecule has 10 heteroatoms. The molecule has 1 fully saturated rings. The Balaban J connectivity index is 1.52. The Morgan fingerprint density at radius 3 is 2.44 bits per heavy atom. The highest BCUT2D eigenvalue weighted by Gasteiger charge is 2.23. The number of benzene rings is 2. The van der Waals surface area contributed by atoms with Gasteiger partial charge in [0.1, 0.15) is 5.75 Å².